The molecule has 8 heteroatoms. The minimum atomic E-state index is -0.226. The summed E-state index contributed by atoms with van der Waals surface area (Å²) >= 11 is 0. The van der Waals surface area contributed by atoms with Crippen LogP contribution in [0.4, 0.5) is 5.69 Å². The zero-order chi connectivity index (χ0) is 32.8. The highest BCUT2D eigenvalue weighted by molar-refractivity contribution is 5.93. The van der Waals surface area contributed by atoms with Crippen molar-refractivity contribution in [2.75, 3.05) is 5.32 Å². The van der Waals surface area contributed by atoms with Crippen LogP contribution in [-0.4, -0.2) is 27.5 Å². The van der Waals surface area contributed by atoms with Crippen LogP contribution in [0.1, 0.15) is 100 Å². The average Bonchev–Trinajstić information content (AvgIpc) is 3.56. The smallest absolute Gasteiger partial charge is 0.326 e. The first-order chi connectivity index (χ1) is 22.7. The van der Waals surface area contributed by atoms with Gasteiger partial charge in [0.05, 0.1) is 6.33 Å². The van der Waals surface area contributed by atoms with Crippen molar-refractivity contribution in [3.8, 4) is 11.5 Å². The molecule has 1 N–H and O–H groups in total. The van der Waals surface area contributed by atoms with E-state index in [1.54, 1.807) is 23.3 Å². The third kappa shape index (κ3) is 8.87. The average molecular weight is 670 g/mol. The number of benzene rings is 3. The molecule has 1 amide bonds. The molecule has 0 spiro atoms. The number of hydrogen-bond donors (Lipinski definition) is 1. The summed E-state index contributed by atoms with van der Waals surface area (Å²) < 4.78 is 14.0. The van der Waals surface area contributed by atoms with E-state index in [-0.39, 0.29) is 48.3 Å². The number of rotatable bonds is 11. The number of esters is 1. The van der Waals surface area contributed by atoms with Crippen LogP contribution in [0.25, 0.3) is 0 Å². The summed E-state index contributed by atoms with van der Waals surface area (Å²) in [6, 6.07) is 22.4. The molecule has 7 nitrogen and oxygen atoms in total. The monoisotopic (exact) mass is 669 g/mol. The number of anilines is 1. The number of carbonyl (C=O) groups excluding carboxylic acids is 2. The van der Waals surface area contributed by atoms with Gasteiger partial charge in [-0.3, -0.25) is 9.59 Å². The first-order valence-electron chi connectivity index (χ1n) is 17.2. The summed E-state index contributed by atoms with van der Waals surface area (Å²) in [6.07, 6.45) is 13.8. The summed E-state index contributed by atoms with van der Waals surface area (Å²) in [4.78, 5) is 30.8. The first-order valence-corrected chi connectivity index (χ1v) is 17.2. The second kappa shape index (κ2) is 15.9. The van der Waals surface area contributed by atoms with Gasteiger partial charge in [-0.1, -0.05) is 101 Å². The molecule has 1 unspecified atom stereocenters. The van der Waals surface area contributed by atoms with E-state index in [9.17, 15) is 9.59 Å². The normalized spacial score (nSPS) is 15.3. The van der Waals surface area contributed by atoms with Gasteiger partial charge in [0.1, 0.15) is 24.1 Å². The van der Waals surface area contributed by atoms with Crippen LogP contribution in [0.3, 0.4) is 0 Å². The number of imidazole rings is 1. The maximum absolute atomic E-state index is 13.8. The third-order valence-corrected chi connectivity index (χ3v) is 9.61. The minimum absolute atomic E-state index is 0. The number of aryl methyl sites for hydroxylation is 1. The topological polar surface area (TPSA) is 82.5 Å². The van der Waals surface area contributed by atoms with E-state index in [1.165, 1.54) is 32.1 Å². The highest BCUT2D eigenvalue weighted by Crippen LogP contribution is 2.45. The Morgan fingerprint density at radius 2 is 1.67 bits per heavy atom. The molecule has 2 heterocycles. The number of ether oxygens (including phenoxy) is 2. The van der Waals surface area contributed by atoms with Crippen molar-refractivity contribution in [1.29, 1.82) is 0 Å². The second-order valence-electron chi connectivity index (χ2n) is 14.2. The highest BCUT2D eigenvalue weighted by Gasteiger charge is 2.30. The summed E-state index contributed by atoms with van der Waals surface area (Å²) in [5.41, 5.74) is 4.94. The Hall–Kier alpha value is -4.10. The second-order valence-corrected chi connectivity index (χ2v) is 14.2. The van der Waals surface area contributed by atoms with E-state index in [0.717, 1.165) is 58.7 Å². The minimum Gasteiger partial charge on any atom is -0.461 e. The molecule has 0 saturated heterocycles. The lowest BCUT2D eigenvalue weighted by Crippen LogP contribution is -2.25. The third-order valence-electron chi connectivity index (χ3n) is 9.61. The van der Waals surface area contributed by atoms with Gasteiger partial charge in [-0.15, -0.1) is 12.4 Å². The summed E-state index contributed by atoms with van der Waals surface area (Å²) in [5.74, 6) is 1.83. The van der Waals surface area contributed by atoms with Gasteiger partial charge in [-0.05, 0) is 59.9 Å². The molecule has 0 radical (unpaired) electrons. The molecule has 1 aliphatic carbocycles. The standard InChI is InChI=1S/C40H47N3O4.ClH/c1-40(2,3)34-20-18-29(17-19-30(23-28-11-5-4-6-12-28)46-39(45)26-43-22-21-41-27-43)24-35(34)42-38(44)25-33-31-13-7-9-15-36(31)47-37-16-10-8-14-32(33)37;/h7-10,13-16,18,20-22,24,27-28,30,33H,4-6,11-12,17,19,23,25-26H2,1-3H3,(H,42,44);1H. The Morgan fingerprint density at radius 1 is 0.979 bits per heavy atom. The molecule has 3 aromatic carbocycles. The lowest BCUT2D eigenvalue weighted by atomic mass is 9.83. The van der Waals surface area contributed by atoms with Gasteiger partial charge in [-0.2, -0.15) is 0 Å². The van der Waals surface area contributed by atoms with Gasteiger partial charge in [-0.25, -0.2) is 4.98 Å². The molecule has 4 aromatic rings. The molecule has 1 atom stereocenters. The van der Waals surface area contributed by atoms with Gasteiger partial charge in [0.25, 0.3) is 0 Å². The quantitative estimate of drug-likeness (QED) is 0.161. The predicted octanol–water partition coefficient (Wildman–Crippen LogP) is 9.38. The number of nitrogens with one attached hydrogen (secondary N) is 1. The predicted molar refractivity (Wildman–Crippen MR) is 192 cm³/mol. The molecule has 2 aliphatic rings. The van der Waals surface area contributed by atoms with Crippen LogP contribution < -0.4 is 10.1 Å². The molecule has 0 bridgehead atoms. The van der Waals surface area contributed by atoms with E-state index < -0.39 is 0 Å². The van der Waals surface area contributed by atoms with Crippen molar-refractivity contribution in [3.05, 3.63) is 108 Å². The number of hydrogen-bond acceptors (Lipinski definition) is 5. The molecule has 48 heavy (non-hydrogen) atoms. The van der Waals surface area contributed by atoms with Crippen molar-refractivity contribution in [2.24, 2.45) is 5.92 Å². The molecule has 1 aliphatic heterocycles. The van der Waals surface area contributed by atoms with Gasteiger partial charge in [0.2, 0.25) is 5.91 Å². The summed E-state index contributed by atoms with van der Waals surface area (Å²) in [7, 11) is 0. The van der Waals surface area contributed by atoms with Crippen molar-refractivity contribution >= 4 is 30.0 Å². The van der Waals surface area contributed by atoms with Crippen LogP contribution in [0.15, 0.2) is 85.5 Å². The first kappa shape index (κ1) is 35.2. The number of fused-ring (bicyclic) bond motifs is 2. The zero-order valence-corrected chi connectivity index (χ0v) is 29.1. The van der Waals surface area contributed by atoms with Gasteiger partial charge in [0.15, 0.2) is 0 Å². The van der Waals surface area contributed by atoms with E-state index in [0.29, 0.717) is 12.3 Å². The summed E-state index contributed by atoms with van der Waals surface area (Å²) in [5, 5.41) is 3.30. The Balaban J connectivity index is 0.00000451. The van der Waals surface area contributed by atoms with Crippen LogP contribution in [0.2, 0.25) is 0 Å². The largest absolute Gasteiger partial charge is 0.461 e. The maximum atomic E-state index is 13.8. The number of halogens is 1. The fourth-order valence-electron chi connectivity index (χ4n) is 7.22. The van der Waals surface area contributed by atoms with Crippen molar-refractivity contribution in [3.63, 3.8) is 0 Å². The van der Waals surface area contributed by atoms with E-state index in [2.05, 4.69) is 61.4 Å². The van der Waals surface area contributed by atoms with Crippen molar-refractivity contribution in [2.45, 2.75) is 103 Å². The summed E-state index contributed by atoms with van der Waals surface area (Å²) in [6.45, 7) is 6.67. The number of amides is 1. The molecular formula is C40H48ClN3O4. The fraction of sp³-hybridized carbons (Fsp3) is 0.425. The molecule has 1 saturated carbocycles. The van der Waals surface area contributed by atoms with Gasteiger partial charge >= 0.3 is 5.97 Å². The maximum Gasteiger partial charge on any atom is 0.326 e. The van der Waals surface area contributed by atoms with Crippen LogP contribution >= 0.6 is 12.4 Å². The van der Waals surface area contributed by atoms with E-state index >= 15 is 0 Å². The van der Waals surface area contributed by atoms with E-state index in [1.807, 2.05) is 36.4 Å². The lowest BCUT2D eigenvalue weighted by molar-refractivity contribution is -0.151. The zero-order valence-electron chi connectivity index (χ0n) is 28.3. The Labute approximate surface area is 290 Å². The number of aromatic nitrogens is 2. The van der Waals surface area contributed by atoms with E-state index in [4.69, 9.17) is 9.47 Å². The Bertz CT molecular complexity index is 1630. The Kier molecular flexibility index (Phi) is 11.6. The highest BCUT2D eigenvalue weighted by atomic mass is 35.5. The lowest BCUT2D eigenvalue weighted by Gasteiger charge is -2.29. The molecule has 1 aromatic heterocycles. The number of para-hydroxylation sites is 2. The van der Waals surface area contributed by atoms with Crippen molar-refractivity contribution in [1.82, 2.24) is 9.55 Å². The van der Waals surface area contributed by atoms with Crippen molar-refractivity contribution < 1.29 is 19.1 Å². The molecule has 6 rings (SSSR count). The van der Waals surface area contributed by atoms with Crippen LogP contribution in [0.5, 0.6) is 11.5 Å². The number of carbonyl (C=O) groups is 2. The van der Waals surface area contributed by atoms with Crippen LogP contribution in [-0.2, 0) is 32.7 Å². The van der Waals surface area contributed by atoms with Gasteiger partial charge in [0, 0.05) is 41.5 Å². The molecule has 254 valence electrons. The van der Waals surface area contributed by atoms with Gasteiger partial charge < -0.3 is 19.4 Å². The number of nitrogens with zero attached hydrogens (tertiary/aromatic N) is 2. The Morgan fingerprint density at radius 3 is 2.31 bits per heavy atom. The van der Waals surface area contributed by atoms with Crippen LogP contribution in [0, 0.1) is 5.92 Å². The fourth-order valence-corrected chi connectivity index (χ4v) is 7.22. The molecule has 1 fully saturated rings. The SMILES string of the molecule is CC(C)(C)c1ccc(CCC(CC2CCCCC2)OC(=O)Cn2ccnc2)cc1NC(=O)CC1c2ccccc2Oc2ccccc21.Cl. The molecular weight excluding hydrogens is 622 g/mol.